The van der Waals surface area contributed by atoms with Gasteiger partial charge in [-0.3, -0.25) is 4.79 Å². The largest absolute Gasteiger partial charge is 0.352 e. The van der Waals surface area contributed by atoms with E-state index in [0.717, 1.165) is 0 Å². The van der Waals surface area contributed by atoms with Crippen molar-refractivity contribution in [2.45, 2.75) is 19.9 Å². The number of benzene rings is 1. The lowest BCUT2D eigenvalue weighted by Crippen LogP contribution is -2.17. The van der Waals surface area contributed by atoms with Crippen LogP contribution < -0.4 is 10.6 Å². The van der Waals surface area contributed by atoms with Gasteiger partial charge in [-0.25, -0.2) is 9.97 Å². The van der Waals surface area contributed by atoms with Gasteiger partial charge in [-0.05, 0) is 32.0 Å². The van der Waals surface area contributed by atoms with Crippen LogP contribution >= 0.6 is 23.2 Å². The van der Waals surface area contributed by atoms with E-state index in [2.05, 4.69) is 20.6 Å². The molecule has 0 aliphatic carbocycles. The molecule has 110 valence electrons. The quantitative estimate of drug-likeness (QED) is 0.896. The van der Waals surface area contributed by atoms with Gasteiger partial charge in [0, 0.05) is 12.2 Å². The predicted molar refractivity (Wildman–Crippen MR) is 85.2 cm³/mol. The number of amides is 1. The summed E-state index contributed by atoms with van der Waals surface area (Å²) in [5.41, 5.74) is 0.590. The van der Waals surface area contributed by atoms with Crippen LogP contribution in [0.3, 0.4) is 0 Å². The van der Waals surface area contributed by atoms with Gasteiger partial charge >= 0.3 is 0 Å². The molecule has 0 aliphatic rings. The summed E-state index contributed by atoms with van der Waals surface area (Å²) in [6.45, 7) is 3.92. The molecule has 0 fully saturated rings. The molecule has 0 saturated carbocycles. The molecule has 0 bridgehead atoms. The Balaban J connectivity index is 2.21. The summed E-state index contributed by atoms with van der Waals surface area (Å²) in [7, 11) is 0. The highest BCUT2D eigenvalue weighted by Crippen LogP contribution is 2.30. The predicted octanol–water partition coefficient (Wildman–Crippen LogP) is 3.86. The highest BCUT2D eigenvalue weighted by molar-refractivity contribution is 6.39. The lowest BCUT2D eigenvalue weighted by Gasteiger charge is -2.10. The number of carbonyl (C=O) groups is 1. The smallest absolute Gasteiger partial charge is 0.274 e. The van der Waals surface area contributed by atoms with Crippen LogP contribution in [-0.2, 0) is 0 Å². The Morgan fingerprint density at radius 3 is 2.48 bits per heavy atom. The minimum Gasteiger partial charge on any atom is -0.352 e. The molecule has 0 radical (unpaired) electrons. The zero-order valence-electron chi connectivity index (χ0n) is 11.5. The number of para-hydroxylation sites is 1. The fourth-order valence-electron chi connectivity index (χ4n) is 1.61. The topological polar surface area (TPSA) is 66.9 Å². The standard InChI is InChI=1S/C14H14Cl2N4O/c1-8(2)18-14-17-7-6-11(19-14)13(21)20-12-9(15)4-3-5-10(12)16/h3-8H,1-2H3,(H,20,21)(H,17,18,19). The number of anilines is 2. The number of halogens is 2. The Morgan fingerprint density at radius 1 is 1.19 bits per heavy atom. The van der Waals surface area contributed by atoms with Crippen molar-refractivity contribution < 1.29 is 4.79 Å². The average Bonchev–Trinajstić information content (AvgIpc) is 2.42. The number of hydrogen-bond donors (Lipinski definition) is 2. The summed E-state index contributed by atoms with van der Waals surface area (Å²) in [5.74, 6) is -0.0119. The monoisotopic (exact) mass is 324 g/mol. The third-order valence-electron chi connectivity index (χ3n) is 2.51. The molecule has 1 amide bonds. The minimum atomic E-state index is -0.404. The highest BCUT2D eigenvalue weighted by Gasteiger charge is 2.13. The highest BCUT2D eigenvalue weighted by atomic mass is 35.5. The third-order valence-corrected chi connectivity index (χ3v) is 3.14. The maximum atomic E-state index is 12.2. The minimum absolute atomic E-state index is 0.168. The number of hydrogen-bond acceptors (Lipinski definition) is 4. The van der Waals surface area contributed by atoms with E-state index in [4.69, 9.17) is 23.2 Å². The van der Waals surface area contributed by atoms with Gasteiger partial charge < -0.3 is 10.6 Å². The molecular formula is C14H14Cl2N4O. The molecule has 5 nitrogen and oxygen atoms in total. The van der Waals surface area contributed by atoms with Crippen molar-refractivity contribution in [3.8, 4) is 0 Å². The summed E-state index contributed by atoms with van der Waals surface area (Å²) in [6, 6.07) is 6.69. The van der Waals surface area contributed by atoms with Crippen LogP contribution in [0.15, 0.2) is 30.5 Å². The van der Waals surface area contributed by atoms with Gasteiger partial charge in [0.2, 0.25) is 5.95 Å². The summed E-state index contributed by atoms with van der Waals surface area (Å²) in [4.78, 5) is 20.4. The van der Waals surface area contributed by atoms with Crippen molar-refractivity contribution in [2.75, 3.05) is 10.6 Å². The van der Waals surface area contributed by atoms with Gasteiger partial charge in [-0.15, -0.1) is 0 Å². The second-order valence-electron chi connectivity index (χ2n) is 4.62. The second-order valence-corrected chi connectivity index (χ2v) is 5.43. The van der Waals surface area contributed by atoms with Crippen LogP contribution in [0.2, 0.25) is 10.0 Å². The first-order valence-electron chi connectivity index (χ1n) is 6.32. The van der Waals surface area contributed by atoms with Crippen LogP contribution in [0.1, 0.15) is 24.3 Å². The average molecular weight is 325 g/mol. The molecule has 2 rings (SSSR count). The maximum absolute atomic E-state index is 12.2. The Labute approximate surface area is 132 Å². The van der Waals surface area contributed by atoms with Crippen LogP contribution in [-0.4, -0.2) is 21.9 Å². The molecule has 0 spiro atoms. The number of aromatic nitrogens is 2. The van der Waals surface area contributed by atoms with Gasteiger partial charge in [0.1, 0.15) is 5.69 Å². The molecule has 2 N–H and O–H groups in total. The van der Waals surface area contributed by atoms with Gasteiger partial charge in [-0.2, -0.15) is 0 Å². The first-order valence-corrected chi connectivity index (χ1v) is 7.08. The van der Waals surface area contributed by atoms with E-state index in [0.29, 0.717) is 21.7 Å². The fraction of sp³-hybridized carbons (Fsp3) is 0.214. The van der Waals surface area contributed by atoms with E-state index in [-0.39, 0.29) is 11.7 Å². The van der Waals surface area contributed by atoms with E-state index in [1.54, 1.807) is 18.2 Å². The first-order chi connectivity index (χ1) is 9.97. The lowest BCUT2D eigenvalue weighted by atomic mass is 10.3. The normalized spacial score (nSPS) is 10.5. The van der Waals surface area contributed by atoms with E-state index in [1.807, 2.05) is 13.8 Å². The SMILES string of the molecule is CC(C)Nc1nccc(C(=O)Nc2c(Cl)cccc2Cl)n1. The zero-order chi connectivity index (χ0) is 15.4. The molecule has 0 saturated heterocycles. The molecular weight excluding hydrogens is 311 g/mol. The van der Waals surface area contributed by atoms with Crippen molar-refractivity contribution >= 4 is 40.7 Å². The number of nitrogens with zero attached hydrogens (tertiary/aromatic N) is 2. The number of rotatable bonds is 4. The Morgan fingerprint density at radius 2 is 1.86 bits per heavy atom. The summed E-state index contributed by atoms with van der Waals surface area (Å²) in [5, 5.41) is 6.42. The van der Waals surface area contributed by atoms with Crippen LogP contribution in [0.5, 0.6) is 0 Å². The van der Waals surface area contributed by atoms with Gasteiger partial charge in [0.25, 0.3) is 5.91 Å². The molecule has 0 unspecified atom stereocenters. The van der Waals surface area contributed by atoms with E-state index >= 15 is 0 Å². The maximum Gasteiger partial charge on any atom is 0.274 e. The Kier molecular flexibility index (Phi) is 4.98. The van der Waals surface area contributed by atoms with E-state index in [9.17, 15) is 4.79 Å². The number of carbonyl (C=O) groups excluding carboxylic acids is 1. The molecule has 1 heterocycles. The van der Waals surface area contributed by atoms with Crippen molar-refractivity contribution in [1.29, 1.82) is 0 Å². The molecule has 2 aromatic rings. The Bertz CT molecular complexity index is 641. The van der Waals surface area contributed by atoms with Crippen molar-refractivity contribution in [1.82, 2.24) is 9.97 Å². The zero-order valence-corrected chi connectivity index (χ0v) is 13.0. The molecule has 0 atom stereocenters. The molecule has 7 heteroatoms. The second kappa shape index (κ2) is 6.74. The van der Waals surface area contributed by atoms with Crippen molar-refractivity contribution in [2.24, 2.45) is 0 Å². The van der Waals surface area contributed by atoms with Gasteiger partial charge in [0.05, 0.1) is 15.7 Å². The van der Waals surface area contributed by atoms with Gasteiger partial charge in [0.15, 0.2) is 0 Å². The van der Waals surface area contributed by atoms with Crippen molar-refractivity contribution in [3.05, 3.63) is 46.2 Å². The molecule has 0 aliphatic heterocycles. The first kappa shape index (κ1) is 15.5. The van der Waals surface area contributed by atoms with E-state index in [1.165, 1.54) is 12.3 Å². The number of nitrogens with one attached hydrogen (secondary N) is 2. The summed E-state index contributed by atoms with van der Waals surface area (Å²) < 4.78 is 0. The fourth-order valence-corrected chi connectivity index (χ4v) is 2.10. The summed E-state index contributed by atoms with van der Waals surface area (Å²) >= 11 is 12.0. The molecule has 1 aromatic heterocycles. The molecule has 21 heavy (non-hydrogen) atoms. The van der Waals surface area contributed by atoms with Crippen LogP contribution in [0.25, 0.3) is 0 Å². The van der Waals surface area contributed by atoms with E-state index < -0.39 is 5.91 Å². The van der Waals surface area contributed by atoms with Crippen LogP contribution in [0, 0.1) is 0 Å². The van der Waals surface area contributed by atoms with Gasteiger partial charge in [-0.1, -0.05) is 29.3 Å². The summed E-state index contributed by atoms with van der Waals surface area (Å²) in [6.07, 6.45) is 1.51. The van der Waals surface area contributed by atoms with Crippen molar-refractivity contribution in [3.63, 3.8) is 0 Å². The Hall–Kier alpha value is -1.85. The lowest BCUT2D eigenvalue weighted by molar-refractivity contribution is 0.102. The third kappa shape index (κ3) is 4.06. The van der Waals surface area contributed by atoms with Crippen LogP contribution in [0.4, 0.5) is 11.6 Å². The molecule has 1 aromatic carbocycles.